The zero-order valence-electron chi connectivity index (χ0n) is 15.7. The van der Waals surface area contributed by atoms with Crippen molar-refractivity contribution in [2.75, 3.05) is 19.0 Å². The van der Waals surface area contributed by atoms with E-state index in [9.17, 15) is 4.79 Å². The highest BCUT2D eigenvalue weighted by atomic mass is 35.5. The van der Waals surface area contributed by atoms with E-state index in [-0.39, 0.29) is 11.6 Å². The van der Waals surface area contributed by atoms with Crippen LogP contribution in [0.15, 0.2) is 54.7 Å². The van der Waals surface area contributed by atoms with Crippen LogP contribution in [0.2, 0.25) is 5.02 Å². The summed E-state index contributed by atoms with van der Waals surface area (Å²) in [6.07, 6.45) is 2.21. The van der Waals surface area contributed by atoms with Crippen LogP contribution in [0.5, 0.6) is 5.75 Å². The Morgan fingerprint density at radius 1 is 1.18 bits per heavy atom. The molecule has 0 aliphatic heterocycles. The maximum atomic E-state index is 12.4. The van der Waals surface area contributed by atoms with Gasteiger partial charge >= 0.3 is 0 Å². The van der Waals surface area contributed by atoms with Crippen molar-refractivity contribution in [3.63, 3.8) is 0 Å². The van der Waals surface area contributed by atoms with Gasteiger partial charge in [0.15, 0.2) is 0 Å². The van der Waals surface area contributed by atoms with Crippen molar-refractivity contribution in [3.8, 4) is 5.75 Å². The van der Waals surface area contributed by atoms with E-state index >= 15 is 0 Å². The van der Waals surface area contributed by atoms with E-state index in [1.165, 1.54) is 0 Å². The van der Waals surface area contributed by atoms with Gasteiger partial charge in [-0.25, -0.2) is 9.97 Å². The monoisotopic (exact) mass is 396 g/mol. The van der Waals surface area contributed by atoms with Gasteiger partial charge in [0, 0.05) is 23.5 Å². The number of ether oxygens (including phenoxy) is 1. The van der Waals surface area contributed by atoms with Gasteiger partial charge < -0.3 is 15.4 Å². The van der Waals surface area contributed by atoms with Crippen LogP contribution in [0.25, 0.3) is 0 Å². The van der Waals surface area contributed by atoms with Gasteiger partial charge in [0.05, 0.1) is 7.11 Å². The lowest BCUT2D eigenvalue weighted by Gasteiger charge is -2.10. The van der Waals surface area contributed by atoms with Crippen LogP contribution in [0.1, 0.15) is 21.6 Å². The van der Waals surface area contributed by atoms with Crippen LogP contribution in [-0.4, -0.2) is 29.5 Å². The SMILES string of the molecule is COc1ccccc1CCNC(=O)c1ccnc(Nc2cc(Cl)ccc2C)n1. The number of aromatic nitrogens is 2. The molecule has 1 aromatic heterocycles. The molecule has 0 radical (unpaired) electrons. The first-order valence-corrected chi connectivity index (χ1v) is 9.21. The van der Waals surface area contributed by atoms with Crippen LogP contribution >= 0.6 is 11.6 Å². The van der Waals surface area contributed by atoms with Crippen LogP contribution in [0.4, 0.5) is 11.6 Å². The Kier molecular flexibility index (Phi) is 6.45. The largest absolute Gasteiger partial charge is 0.496 e. The third-order valence-electron chi connectivity index (χ3n) is 4.21. The molecule has 2 N–H and O–H groups in total. The van der Waals surface area contributed by atoms with E-state index in [0.29, 0.717) is 23.9 Å². The van der Waals surface area contributed by atoms with E-state index in [4.69, 9.17) is 16.3 Å². The second kappa shape index (κ2) is 9.19. The molecule has 0 atom stereocenters. The Balaban J connectivity index is 1.63. The molecule has 0 saturated heterocycles. The minimum absolute atomic E-state index is 0.261. The first-order chi connectivity index (χ1) is 13.6. The predicted octanol–water partition coefficient (Wildman–Crippen LogP) is 4.16. The van der Waals surface area contributed by atoms with E-state index in [2.05, 4.69) is 20.6 Å². The molecule has 6 nitrogen and oxygen atoms in total. The quantitative estimate of drug-likeness (QED) is 0.627. The van der Waals surface area contributed by atoms with E-state index < -0.39 is 0 Å². The maximum Gasteiger partial charge on any atom is 0.270 e. The van der Waals surface area contributed by atoms with Crippen molar-refractivity contribution in [2.45, 2.75) is 13.3 Å². The molecular weight excluding hydrogens is 376 g/mol. The summed E-state index contributed by atoms with van der Waals surface area (Å²) in [7, 11) is 1.63. The van der Waals surface area contributed by atoms with Crippen molar-refractivity contribution in [1.82, 2.24) is 15.3 Å². The van der Waals surface area contributed by atoms with Crippen molar-refractivity contribution in [2.24, 2.45) is 0 Å². The van der Waals surface area contributed by atoms with Gasteiger partial charge in [0.2, 0.25) is 5.95 Å². The van der Waals surface area contributed by atoms with Crippen molar-refractivity contribution < 1.29 is 9.53 Å². The first kappa shape index (κ1) is 19.6. The fourth-order valence-electron chi connectivity index (χ4n) is 2.71. The molecule has 1 heterocycles. The summed E-state index contributed by atoms with van der Waals surface area (Å²) in [4.78, 5) is 20.9. The molecule has 0 unspecified atom stereocenters. The Bertz CT molecular complexity index is 978. The standard InChI is InChI=1S/C21H21ClN4O2/c1-14-7-8-16(22)13-18(14)26-21-24-12-10-17(25-21)20(27)23-11-9-15-5-3-4-6-19(15)28-2/h3-8,10,12-13H,9,11H2,1-2H3,(H,23,27)(H,24,25,26). The number of benzene rings is 2. The minimum atomic E-state index is -0.261. The average molecular weight is 397 g/mol. The zero-order chi connectivity index (χ0) is 19.9. The number of hydrogen-bond acceptors (Lipinski definition) is 5. The lowest BCUT2D eigenvalue weighted by molar-refractivity contribution is 0.0949. The van der Waals surface area contributed by atoms with Gasteiger partial charge in [-0.3, -0.25) is 4.79 Å². The predicted molar refractivity (Wildman–Crippen MR) is 111 cm³/mol. The number of nitrogens with zero attached hydrogens (tertiary/aromatic N) is 2. The summed E-state index contributed by atoms with van der Waals surface area (Å²) in [5.41, 5.74) is 3.12. The first-order valence-electron chi connectivity index (χ1n) is 8.83. The molecule has 3 aromatic rings. The number of carbonyl (C=O) groups is 1. The Hall–Kier alpha value is -3.12. The summed E-state index contributed by atoms with van der Waals surface area (Å²) in [6.45, 7) is 2.42. The molecule has 28 heavy (non-hydrogen) atoms. The smallest absolute Gasteiger partial charge is 0.270 e. The number of halogens is 1. The fraction of sp³-hybridized carbons (Fsp3) is 0.190. The molecule has 0 aliphatic rings. The van der Waals surface area contributed by atoms with Gasteiger partial charge in [-0.15, -0.1) is 0 Å². The highest BCUT2D eigenvalue weighted by molar-refractivity contribution is 6.30. The third kappa shape index (κ3) is 4.98. The molecular formula is C21H21ClN4O2. The fourth-order valence-corrected chi connectivity index (χ4v) is 2.88. The number of methoxy groups -OCH3 is 1. The number of anilines is 2. The maximum absolute atomic E-state index is 12.4. The van der Waals surface area contributed by atoms with Gasteiger partial charge in [-0.05, 0) is 48.7 Å². The summed E-state index contributed by atoms with van der Waals surface area (Å²) >= 11 is 6.04. The summed E-state index contributed by atoms with van der Waals surface area (Å²) in [5, 5.41) is 6.59. The van der Waals surface area contributed by atoms with E-state index in [1.54, 1.807) is 25.4 Å². The summed E-state index contributed by atoms with van der Waals surface area (Å²) in [5.74, 6) is 0.882. The van der Waals surface area contributed by atoms with Crippen LogP contribution < -0.4 is 15.4 Å². The van der Waals surface area contributed by atoms with Gasteiger partial charge in [-0.2, -0.15) is 0 Å². The number of carbonyl (C=O) groups excluding carboxylic acids is 1. The molecule has 0 aliphatic carbocycles. The molecule has 144 valence electrons. The molecule has 0 fully saturated rings. The zero-order valence-corrected chi connectivity index (χ0v) is 16.5. The molecule has 2 aromatic carbocycles. The third-order valence-corrected chi connectivity index (χ3v) is 4.44. The van der Waals surface area contributed by atoms with Crippen LogP contribution in [0.3, 0.4) is 0 Å². The van der Waals surface area contributed by atoms with Gasteiger partial charge in [-0.1, -0.05) is 35.9 Å². The number of amides is 1. The van der Waals surface area contributed by atoms with Crippen molar-refractivity contribution >= 4 is 29.1 Å². The number of hydrogen-bond donors (Lipinski definition) is 2. The topological polar surface area (TPSA) is 76.1 Å². The highest BCUT2D eigenvalue weighted by Crippen LogP contribution is 2.22. The Morgan fingerprint density at radius 2 is 2.00 bits per heavy atom. The van der Waals surface area contributed by atoms with Gasteiger partial charge in [0.25, 0.3) is 5.91 Å². The number of para-hydroxylation sites is 1. The Morgan fingerprint density at radius 3 is 2.82 bits per heavy atom. The summed E-state index contributed by atoms with van der Waals surface area (Å²) in [6, 6.07) is 14.8. The average Bonchev–Trinajstić information content (AvgIpc) is 2.71. The van der Waals surface area contributed by atoms with Gasteiger partial charge in [0.1, 0.15) is 11.4 Å². The highest BCUT2D eigenvalue weighted by Gasteiger charge is 2.10. The molecule has 0 spiro atoms. The normalized spacial score (nSPS) is 10.4. The van der Waals surface area contributed by atoms with E-state index in [1.807, 2.05) is 43.3 Å². The van der Waals surface area contributed by atoms with E-state index in [0.717, 1.165) is 22.6 Å². The van der Waals surface area contributed by atoms with Crippen molar-refractivity contribution in [3.05, 3.63) is 76.6 Å². The number of nitrogens with one attached hydrogen (secondary N) is 2. The molecule has 3 rings (SSSR count). The molecule has 1 amide bonds. The van der Waals surface area contributed by atoms with Crippen molar-refractivity contribution in [1.29, 1.82) is 0 Å². The lowest BCUT2D eigenvalue weighted by atomic mass is 10.1. The summed E-state index contributed by atoms with van der Waals surface area (Å²) < 4.78 is 5.33. The minimum Gasteiger partial charge on any atom is -0.496 e. The second-order valence-electron chi connectivity index (χ2n) is 6.17. The second-order valence-corrected chi connectivity index (χ2v) is 6.60. The molecule has 0 saturated carbocycles. The Labute approximate surface area is 168 Å². The number of rotatable bonds is 7. The molecule has 7 heteroatoms. The lowest BCUT2D eigenvalue weighted by Crippen LogP contribution is -2.26. The van der Waals surface area contributed by atoms with Crippen LogP contribution in [0, 0.1) is 6.92 Å². The number of aryl methyl sites for hydroxylation is 1. The van der Waals surface area contributed by atoms with Crippen LogP contribution in [-0.2, 0) is 6.42 Å². The molecule has 0 bridgehead atoms.